The molecule has 1 unspecified atom stereocenters. The Morgan fingerprint density at radius 2 is 1.70 bits per heavy atom. The lowest BCUT2D eigenvalue weighted by Gasteiger charge is -2.23. The molecule has 0 fully saturated rings. The third-order valence-corrected chi connectivity index (χ3v) is 4.09. The van der Waals surface area contributed by atoms with Crippen LogP contribution in [0.1, 0.15) is 36.1 Å². The molecule has 104 valence electrons. The maximum atomic E-state index is 9.59. The van der Waals surface area contributed by atoms with Crippen molar-refractivity contribution in [1.29, 1.82) is 0 Å². The zero-order valence-corrected chi connectivity index (χ0v) is 11.9. The minimum absolute atomic E-state index is 0.395. The molecule has 2 heteroatoms. The van der Waals surface area contributed by atoms with E-state index < -0.39 is 6.10 Å². The van der Waals surface area contributed by atoms with Gasteiger partial charge in [-0.2, -0.15) is 0 Å². The molecule has 0 bridgehead atoms. The van der Waals surface area contributed by atoms with E-state index >= 15 is 0 Å². The van der Waals surface area contributed by atoms with Crippen LogP contribution in [0.3, 0.4) is 0 Å². The summed E-state index contributed by atoms with van der Waals surface area (Å²) in [5, 5.41) is 9.59. The third-order valence-electron chi connectivity index (χ3n) is 4.09. The Labute approximate surface area is 120 Å². The van der Waals surface area contributed by atoms with Crippen molar-refractivity contribution in [2.75, 3.05) is 11.4 Å². The molecule has 0 amide bonds. The van der Waals surface area contributed by atoms with Gasteiger partial charge in [0.05, 0.1) is 6.10 Å². The Kier molecular flexibility index (Phi) is 3.75. The van der Waals surface area contributed by atoms with E-state index in [1.165, 1.54) is 29.7 Å². The lowest BCUT2D eigenvalue weighted by atomic mass is 10.0. The highest BCUT2D eigenvalue weighted by atomic mass is 16.3. The van der Waals surface area contributed by atoms with Crippen molar-refractivity contribution < 1.29 is 5.11 Å². The average molecular weight is 267 g/mol. The monoisotopic (exact) mass is 267 g/mol. The normalized spacial score (nSPS) is 16.4. The zero-order valence-electron chi connectivity index (χ0n) is 11.9. The Morgan fingerprint density at radius 3 is 2.40 bits per heavy atom. The summed E-state index contributed by atoms with van der Waals surface area (Å²) in [5.74, 6) is 0. The number of nitrogens with zero attached hydrogens (tertiary/aromatic N) is 1. The third kappa shape index (κ3) is 2.70. The number of rotatable bonds is 2. The number of benzene rings is 2. The van der Waals surface area contributed by atoms with Gasteiger partial charge in [-0.3, -0.25) is 0 Å². The van der Waals surface area contributed by atoms with Gasteiger partial charge < -0.3 is 10.0 Å². The van der Waals surface area contributed by atoms with Crippen LogP contribution >= 0.6 is 0 Å². The molecule has 1 aliphatic rings. The molecule has 0 aliphatic carbocycles. The lowest BCUT2D eigenvalue weighted by Crippen LogP contribution is -2.22. The fourth-order valence-electron chi connectivity index (χ4n) is 2.88. The summed E-state index contributed by atoms with van der Waals surface area (Å²) >= 11 is 0. The maximum absolute atomic E-state index is 9.59. The number of hydrogen-bond acceptors (Lipinski definition) is 2. The topological polar surface area (TPSA) is 23.5 Å². The van der Waals surface area contributed by atoms with Crippen LogP contribution in [0.2, 0.25) is 0 Å². The van der Waals surface area contributed by atoms with E-state index in [-0.39, 0.29) is 0 Å². The molecule has 0 saturated carbocycles. The average Bonchev–Trinajstić information content (AvgIpc) is 2.69. The first-order chi connectivity index (χ1) is 9.74. The van der Waals surface area contributed by atoms with E-state index in [0.29, 0.717) is 0 Å². The molecule has 0 radical (unpaired) electrons. The summed E-state index contributed by atoms with van der Waals surface area (Å²) in [6.45, 7) is 3.87. The molecule has 1 N–H and O–H groups in total. The number of aliphatic hydroxyl groups is 1. The van der Waals surface area contributed by atoms with E-state index in [4.69, 9.17) is 0 Å². The first-order valence-electron chi connectivity index (χ1n) is 7.34. The quantitative estimate of drug-likeness (QED) is 0.897. The van der Waals surface area contributed by atoms with Crippen molar-refractivity contribution in [3.8, 4) is 0 Å². The molecule has 1 aliphatic heterocycles. The van der Waals surface area contributed by atoms with Gasteiger partial charge in [-0.25, -0.2) is 0 Å². The molecule has 1 atom stereocenters. The van der Waals surface area contributed by atoms with Crippen LogP contribution in [0.15, 0.2) is 48.5 Å². The number of aliphatic hydroxyl groups excluding tert-OH is 1. The molecule has 1 heterocycles. The summed E-state index contributed by atoms with van der Waals surface area (Å²) in [6.07, 6.45) is 1.96. The van der Waals surface area contributed by atoms with Gasteiger partial charge in [0.15, 0.2) is 0 Å². The summed E-state index contributed by atoms with van der Waals surface area (Å²) in [4.78, 5) is 2.43. The van der Waals surface area contributed by atoms with Crippen molar-refractivity contribution in [3.05, 3.63) is 65.2 Å². The predicted molar refractivity (Wildman–Crippen MR) is 82.9 cm³/mol. The van der Waals surface area contributed by atoms with Gasteiger partial charge in [0.2, 0.25) is 0 Å². The molecule has 2 aromatic rings. The van der Waals surface area contributed by atoms with Crippen molar-refractivity contribution in [3.63, 3.8) is 0 Å². The van der Waals surface area contributed by atoms with Gasteiger partial charge in [-0.05, 0) is 48.6 Å². The number of aryl methyl sites for hydroxylation is 1. The Bertz CT molecular complexity index is 574. The van der Waals surface area contributed by atoms with Crippen molar-refractivity contribution in [1.82, 2.24) is 0 Å². The van der Waals surface area contributed by atoms with E-state index in [9.17, 15) is 5.11 Å². The summed E-state index contributed by atoms with van der Waals surface area (Å²) in [5.41, 5.74) is 5.13. The highest BCUT2D eigenvalue weighted by Crippen LogP contribution is 2.25. The lowest BCUT2D eigenvalue weighted by molar-refractivity contribution is 0.199. The van der Waals surface area contributed by atoms with Crippen LogP contribution in [0.5, 0.6) is 0 Å². The molecule has 2 nitrogen and oxygen atoms in total. The molecule has 0 spiro atoms. The minimum Gasteiger partial charge on any atom is -0.389 e. The molecule has 0 aromatic heterocycles. The second kappa shape index (κ2) is 5.68. The number of fused-ring (bicyclic) bond motifs is 1. The van der Waals surface area contributed by atoms with Crippen molar-refractivity contribution >= 4 is 5.69 Å². The first-order valence-corrected chi connectivity index (χ1v) is 7.34. The van der Waals surface area contributed by atoms with Crippen molar-refractivity contribution in [2.24, 2.45) is 0 Å². The summed E-state index contributed by atoms with van der Waals surface area (Å²) in [7, 11) is 0. The van der Waals surface area contributed by atoms with Gasteiger partial charge in [0.1, 0.15) is 0 Å². The zero-order chi connectivity index (χ0) is 13.9. The summed E-state index contributed by atoms with van der Waals surface area (Å²) in [6, 6.07) is 17.0. The Hall–Kier alpha value is -1.80. The van der Waals surface area contributed by atoms with E-state index in [2.05, 4.69) is 41.3 Å². The Balaban J connectivity index is 1.84. The maximum Gasteiger partial charge on any atom is 0.0761 e. The molecule has 20 heavy (non-hydrogen) atoms. The van der Waals surface area contributed by atoms with Crippen LogP contribution < -0.4 is 4.90 Å². The highest BCUT2D eigenvalue weighted by molar-refractivity contribution is 5.49. The van der Waals surface area contributed by atoms with Crippen molar-refractivity contribution in [2.45, 2.75) is 32.4 Å². The standard InChI is InChI=1S/C18H21NO/c1-14(20)15-8-10-18(11-9-15)19-12-4-7-16-5-2-3-6-17(16)13-19/h2-3,5-6,8-11,14,20H,4,7,12-13H2,1H3. The van der Waals surface area contributed by atoms with Gasteiger partial charge in [0.25, 0.3) is 0 Å². The van der Waals surface area contributed by atoms with Crippen LogP contribution in [-0.2, 0) is 13.0 Å². The van der Waals surface area contributed by atoms with E-state index in [0.717, 1.165) is 18.7 Å². The molecular weight excluding hydrogens is 246 g/mol. The molecule has 0 saturated heterocycles. The second-order valence-electron chi connectivity index (χ2n) is 5.56. The predicted octanol–water partition coefficient (Wildman–Crippen LogP) is 3.69. The van der Waals surface area contributed by atoms with Crippen LogP contribution in [-0.4, -0.2) is 11.7 Å². The van der Waals surface area contributed by atoms with E-state index in [1.54, 1.807) is 6.92 Å². The second-order valence-corrected chi connectivity index (χ2v) is 5.56. The van der Waals surface area contributed by atoms with Gasteiger partial charge in [-0.1, -0.05) is 36.4 Å². The minimum atomic E-state index is -0.395. The number of hydrogen-bond donors (Lipinski definition) is 1. The fourth-order valence-corrected chi connectivity index (χ4v) is 2.88. The highest BCUT2D eigenvalue weighted by Gasteiger charge is 2.14. The number of anilines is 1. The van der Waals surface area contributed by atoms with Gasteiger partial charge in [0, 0.05) is 18.8 Å². The van der Waals surface area contributed by atoms with Gasteiger partial charge in [-0.15, -0.1) is 0 Å². The van der Waals surface area contributed by atoms with Crippen LogP contribution in [0, 0.1) is 0 Å². The van der Waals surface area contributed by atoms with Gasteiger partial charge >= 0.3 is 0 Å². The van der Waals surface area contributed by atoms with Crippen LogP contribution in [0.25, 0.3) is 0 Å². The fraction of sp³-hybridized carbons (Fsp3) is 0.333. The SMILES string of the molecule is CC(O)c1ccc(N2CCCc3ccccc3C2)cc1. The van der Waals surface area contributed by atoms with Crippen LogP contribution in [0.4, 0.5) is 5.69 Å². The molecule has 2 aromatic carbocycles. The van der Waals surface area contributed by atoms with E-state index in [1.807, 2.05) is 12.1 Å². The largest absolute Gasteiger partial charge is 0.389 e. The molecular formula is C18H21NO. The smallest absolute Gasteiger partial charge is 0.0761 e. The summed E-state index contributed by atoms with van der Waals surface area (Å²) < 4.78 is 0. The Morgan fingerprint density at radius 1 is 1.00 bits per heavy atom. The first kappa shape index (κ1) is 13.2. The molecule has 3 rings (SSSR count).